The van der Waals surface area contributed by atoms with E-state index in [9.17, 15) is 4.79 Å². The monoisotopic (exact) mass is 290 g/mol. The third-order valence-corrected chi connectivity index (χ3v) is 5.21. The Morgan fingerprint density at radius 1 is 1.40 bits per heavy atom. The minimum Gasteiger partial charge on any atom is -0.320 e. The van der Waals surface area contributed by atoms with Crippen molar-refractivity contribution in [2.45, 2.75) is 50.5 Å². The molecule has 0 aromatic carbocycles. The molecule has 3 rings (SSSR count). The van der Waals surface area contributed by atoms with Gasteiger partial charge in [0.05, 0.1) is 5.92 Å². The molecule has 0 spiro atoms. The minimum absolute atomic E-state index is 0.0118. The van der Waals surface area contributed by atoms with Gasteiger partial charge in [-0.1, -0.05) is 19.3 Å². The molecule has 1 aromatic rings. The van der Waals surface area contributed by atoms with E-state index in [4.69, 9.17) is 5.26 Å². The van der Waals surface area contributed by atoms with Crippen LogP contribution in [0.1, 0.15) is 49.3 Å². The van der Waals surface area contributed by atoms with Crippen molar-refractivity contribution in [3.8, 4) is 6.19 Å². The third kappa shape index (κ3) is 2.93. The number of nitrogens with zero attached hydrogens (tertiary/aromatic N) is 2. The quantitative estimate of drug-likeness (QED) is 0.660. The van der Waals surface area contributed by atoms with Crippen molar-refractivity contribution in [3.63, 3.8) is 0 Å². The number of carbonyl (C=O) groups excluding carboxylic acids is 1. The smallest absolute Gasteiger partial charge is 0.231 e. The number of rotatable bonds is 4. The topological polar surface area (TPSA) is 77.8 Å². The van der Waals surface area contributed by atoms with E-state index < -0.39 is 0 Å². The highest BCUT2D eigenvalue weighted by atomic mass is 32.1. The molecular weight excluding hydrogens is 272 g/mol. The predicted octanol–water partition coefficient (Wildman–Crippen LogP) is 2.59. The first-order chi connectivity index (χ1) is 9.78. The van der Waals surface area contributed by atoms with Crippen molar-refractivity contribution in [3.05, 3.63) is 11.1 Å². The molecule has 5 nitrogen and oxygen atoms in total. The van der Waals surface area contributed by atoms with E-state index in [0.717, 1.165) is 6.42 Å². The number of nitriles is 1. The van der Waals surface area contributed by atoms with Crippen LogP contribution in [0.2, 0.25) is 0 Å². The van der Waals surface area contributed by atoms with Crippen molar-refractivity contribution < 1.29 is 4.79 Å². The molecule has 2 N–H and O–H groups in total. The molecular formula is C14H18N4OS. The first-order valence-electron chi connectivity index (χ1n) is 7.19. The van der Waals surface area contributed by atoms with Crippen LogP contribution in [0.25, 0.3) is 0 Å². The van der Waals surface area contributed by atoms with Crippen molar-refractivity contribution in [1.29, 1.82) is 5.26 Å². The normalized spacial score (nSPS) is 25.8. The number of thiazole rings is 1. The van der Waals surface area contributed by atoms with Crippen molar-refractivity contribution >= 4 is 22.4 Å². The summed E-state index contributed by atoms with van der Waals surface area (Å²) in [4.78, 5) is 17.6. The average Bonchev–Trinajstić information content (AvgIpc) is 3.09. The van der Waals surface area contributed by atoms with E-state index >= 15 is 0 Å². The number of hydrogen-bond acceptors (Lipinski definition) is 5. The van der Waals surface area contributed by atoms with Gasteiger partial charge >= 0.3 is 0 Å². The fourth-order valence-corrected chi connectivity index (χ4v) is 3.83. The molecule has 0 unspecified atom stereocenters. The zero-order chi connectivity index (χ0) is 13.9. The van der Waals surface area contributed by atoms with Crippen molar-refractivity contribution in [2.24, 2.45) is 5.92 Å². The number of carbonyl (C=O) groups is 1. The van der Waals surface area contributed by atoms with E-state index in [2.05, 4.69) is 15.6 Å². The first-order valence-corrected chi connectivity index (χ1v) is 8.01. The van der Waals surface area contributed by atoms with Gasteiger partial charge in [0.1, 0.15) is 0 Å². The Bertz CT molecular complexity index is 530. The summed E-state index contributed by atoms with van der Waals surface area (Å²) in [6.45, 7) is 0. The average molecular weight is 290 g/mol. The summed E-state index contributed by atoms with van der Waals surface area (Å²) in [5, 5.41) is 14.7. The molecule has 0 aliphatic heterocycles. The van der Waals surface area contributed by atoms with Gasteiger partial charge in [-0.15, -0.1) is 11.3 Å². The fourth-order valence-electron chi connectivity index (χ4n) is 2.85. The van der Waals surface area contributed by atoms with Crippen molar-refractivity contribution in [2.75, 3.05) is 5.32 Å². The van der Waals surface area contributed by atoms with Crippen LogP contribution in [0.3, 0.4) is 0 Å². The molecule has 20 heavy (non-hydrogen) atoms. The standard InChI is InChI=1S/C14H18N4OS/c15-8-17-11-6-10(11)13(19)18-14-16-7-12(20-14)9-4-2-1-3-5-9/h7,9-11,17H,1-6H2,(H,16,18,19)/t10-,11+/m1/s1. The SMILES string of the molecule is N#CN[C@H]1C[C@H]1C(=O)Nc1ncc(C2CCCCC2)s1. The Morgan fingerprint density at radius 2 is 2.20 bits per heavy atom. The van der Waals surface area contributed by atoms with E-state index in [1.807, 2.05) is 12.4 Å². The van der Waals surface area contributed by atoms with Crippen LogP contribution in [0.5, 0.6) is 0 Å². The van der Waals surface area contributed by atoms with Crippen LogP contribution in [0.15, 0.2) is 6.20 Å². The molecule has 2 aliphatic carbocycles. The minimum atomic E-state index is -0.0864. The Labute approximate surface area is 122 Å². The summed E-state index contributed by atoms with van der Waals surface area (Å²) >= 11 is 1.60. The number of anilines is 1. The number of hydrogen-bond donors (Lipinski definition) is 2. The van der Waals surface area contributed by atoms with Crippen LogP contribution >= 0.6 is 11.3 Å². The second kappa shape index (κ2) is 5.80. The van der Waals surface area contributed by atoms with Crippen LogP contribution in [-0.4, -0.2) is 16.9 Å². The lowest BCUT2D eigenvalue weighted by atomic mass is 9.89. The van der Waals surface area contributed by atoms with Gasteiger partial charge in [-0.25, -0.2) is 4.98 Å². The van der Waals surface area contributed by atoms with Crippen LogP contribution < -0.4 is 10.6 Å². The van der Waals surface area contributed by atoms with E-state index in [1.54, 1.807) is 11.3 Å². The van der Waals surface area contributed by atoms with Crippen LogP contribution in [-0.2, 0) is 4.79 Å². The summed E-state index contributed by atoms with van der Waals surface area (Å²) in [5.41, 5.74) is 0. The van der Waals surface area contributed by atoms with Crippen molar-refractivity contribution in [1.82, 2.24) is 10.3 Å². The molecule has 106 valence electrons. The van der Waals surface area contributed by atoms with E-state index in [-0.39, 0.29) is 17.9 Å². The molecule has 2 fully saturated rings. The Balaban J connectivity index is 1.55. The lowest BCUT2D eigenvalue weighted by Crippen LogP contribution is -2.20. The maximum atomic E-state index is 12.0. The van der Waals surface area contributed by atoms with Gasteiger partial charge in [-0.3, -0.25) is 4.79 Å². The molecule has 1 amide bonds. The number of amides is 1. The lowest BCUT2D eigenvalue weighted by molar-refractivity contribution is -0.117. The molecule has 6 heteroatoms. The highest BCUT2D eigenvalue weighted by molar-refractivity contribution is 7.15. The number of nitrogens with one attached hydrogen (secondary N) is 2. The lowest BCUT2D eigenvalue weighted by Gasteiger charge is -2.19. The van der Waals surface area contributed by atoms with Crippen LogP contribution in [0.4, 0.5) is 5.13 Å². The highest BCUT2D eigenvalue weighted by Gasteiger charge is 2.43. The molecule has 1 aromatic heterocycles. The maximum Gasteiger partial charge on any atom is 0.231 e. The molecule has 0 bridgehead atoms. The molecule has 2 saturated carbocycles. The molecule has 1 heterocycles. The van der Waals surface area contributed by atoms with Gasteiger partial charge in [0.2, 0.25) is 5.91 Å². The third-order valence-electron chi connectivity index (χ3n) is 4.14. The largest absolute Gasteiger partial charge is 0.320 e. The van der Waals surface area contributed by atoms with Gasteiger partial charge in [-0.05, 0) is 25.2 Å². The van der Waals surface area contributed by atoms with E-state index in [1.165, 1.54) is 37.0 Å². The molecule has 2 aliphatic rings. The Hall–Kier alpha value is -1.61. The maximum absolute atomic E-state index is 12.0. The number of aromatic nitrogens is 1. The van der Waals surface area contributed by atoms with Gasteiger partial charge in [0.25, 0.3) is 0 Å². The predicted molar refractivity (Wildman–Crippen MR) is 77.2 cm³/mol. The Morgan fingerprint density at radius 3 is 2.95 bits per heavy atom. The van der Waals surface area contributed by atoms with Gasteiger partial charge in [0, 0.05) is 17.1 Å². The highest BCUT2D eigenvalue weighted by Crippen LogP contribution is 2.37. The molecule has 0 saturated heterocycles. The second-order valence-corrected chi connectivity index (χ2v) is 6.66. The molecule has 0 radical (unpaired) electrons. The van der Waals surface area contributed by atoms with E-state index in [0.29, 0.717) is 11.0 Å². The zero-order valence-corrected chi connectivity index (χ0v) is 12.1. The first kappa shape index (κ1) is 13.4. The van der Waals surface area contributed by atoms with Gasteiger partial charge in [-0.2, -0.15) is 5.26 Å². The van der Waals surface area contributed by atoms with Crippen LogP contribution in [0, 0.1) is 17.4 Å². The second-order valence-electron chi connectivity index (χ2n) is 5.60. The summed E-state index contributed by atoms with van der Waals surface area (Å²) in [6.07, 6.45) is 11.0. The fraction of sp³-hybridized carbons (Fsp3) is 0.643. The summed E-state index contributed by atoms with van der Waals surface area (Å²) in [5.74, 6) is 0.514. The van der Waals surface area contributed by atoms with Gasteiger partial charge in [0.15, 0.2) is 11.3 Å². The molecule has 2 atom stereocenters. The Kier molecular flexibility index (Phi) is 3.88. The summed E-state index contributed by atoms with van der Waals surface area (Å²) in [7, 11) is 0. The zero-order valence-electron chi connectivity index (χ0n) is 11.3. The summed E-state index contributed by atoms with van der Waals surface area (Å²) < 4.78 is 0. The summed E-state index contributed by atoms with van der Waals surface area (Å²) in [6, 6.07) is 0.0118. The van der Waals surface area contributed by atoms with Gasteiger partial charge < -0.3 is 10.6 Å².